The van der Waals surface area contributed by atoms with Crippen LogP contribution in [0.3, 0.4) is 0 Å². The number of carboxylic acid groups (broad SMARTS) is 1. The van der Waals surface area contributed by atoms with Crippen molar-refractivity contribution in [1.82, 2.24) is 10.2 Å². The van der Waals surface area contributed by atoms with Crippen LogP contribution < -0.4 is 5.32 Å². The zero-order chi connectivity index (χ0) is 14.6. The number of nitrogens with zero attached hydrogens (tertiary/aromatic N) is 1. The Morgan fingerprint density at radius 2 is 2.15 bits per heavy atom. The van der Waals surface area contributed by atoms with Crippen molar-refractivity contribution in [3.63, 3.8) is 0 Å². The predicted molar refractivity (Wildman–Crippen MR) is 77.9 cm³/mol. The quantitative estimate of drug-likeness (QED) is 0.671. The monoisotopic (exact) mass is 284 g/mol. The molecule has 2 aliphatic carbocycles. The molecule has 0 aromatic carbocycles. The molecule has 2 rings (SSSR count). The molecule has 0 saturated heterocycles. The van der Waals surface area contributed by atoms with Crippen LogP contribution in [-0.4, -0.2) is 60.4 Å². The highest BCUT2D eigenvalue weighted by Crippen LogP contribution is 2.38. The number of carboxylic acids is 1. The Bertz CT molecular complexity index is 333. The van der Waals surface area contributed by atoms with Gasteiger partial charge >= 0.3 is 5.97 Å². The summed E-state index contributed by atoms with van der Waals surface area (Å²) in [6.07, 6.45) is 5.91. The van der Waals surface area contributed by atoms with Gasteiger partial charge in [0.15, 0.2) is 0 Å². The molecule has 0 bridgehead atoms. The summed E-state index contributed by atoms with van der Waals surface area (Å²) in [6, 6.07) is 1.05. The molecular formula is C15H28N2O3. The van der Waals surface area contributed by atoms with E-state index in [1.54, 1.807) is 7.11 Å². The molecule has 2 unspecified atom stereocenters. The van der Waals surface area contributed by atoms with Crippen molar-refractivity contribution in [1.29, 1.82) is 0 Å². The summed E-state index contributed by atoms with van der Waals surface area (Å²) in [5.74, 6) is -0.684. The first-order valence-electron chi connectivity index (χ1n) is 7.86. The van der Waals surface area contributed by atoms with Crippen LogP contribution in [0, 0.1) is 0 Å². The molecule has 0 amide bonds. The molecule has 5 heteroatoms. The normalized spacial score (nSPS) is 30.1. The average Bonchev–Trinajstić information content (AvgIpc) is 3.17. The van der Waals surface area contributed by atoms with Gasteiger partial charge in [-0.05, 0) is 45.1 Å². The number of methoxy groups -OCH3 is 1. The molecule has 5 nitrogen and oxygen atoms in total. The van der Waals surface area contributed by atoms with Crippen LogP contribution in [0.1, 0.15) is 45.4 Å². The van der Waals surface area contributed by atoms with Crippen LogP contribution in [0.2, 0.25) is 0 Å². The molecule has 2 saturated carbocycles. The second-order valence-electron chi connectivity index (χ2n) is 6.17. The molecule has 0 heterocycles. The van der Waals surface area contributed by atoms with Crippen molar-refractivity contribution in [2.24, 2.45) is 0 Å². The number of aliphatic carboxylic acids is 1. The predicted octanol–water partition coefficient (Wildman–Crippen LogP) is 1.47. The summed E-state index contributed by atoms with van der Waals surface area (Å²) in [5, 5.41) is 12.9. The highest BCUT2D eigenvalue weighted by molar-refractivity contribution is 5.79. The van der Waals surface area contributed by atoms with Gasteiger partial charge < -0.3 is 15.2 Å². The van der Waals surface area contributed by atoms with Gasteiger partial charge in [0.25, 0.3) is 0 Å². The lowest BCUT2D eigenvalue weighted by Crippen LogP contribution is -2.52. The average molecular weight is 284 g/mol. The molecule has 2 atom stereocenters. The summed E-state index contributed by atoms with van der Waals surface area (Å²) in [6.45, 7) is 4.51. The van der Waals surface area contributed by atoms with E-state index in [1.165, 1.54) is 12.8 Å². The molecule has 2 N–H and O–H groups in total. The third kappa shape index (κ3) is 3.51. The molecule has 116 valence electrons. The van der Waals surface area contributed by atoms with E-state index in [-0.39, 0.29) is 0 Å². The number of rotatable bonds is 9. The molecule has 2 fully saturated rings. The van der Waals surface area contributed by atoms with Crippen LogP contribution in [0.15, 0.2) is 0 Å². The van der Waals surface area contributed by atoms with E-state index in [0.717, 1.165) is 45.4 Å². The van der Waals surface area contributed by atoms with Gasteiger partial charge in [0.2, 0.25) is 0 Å². The highest BCUT2D eigenvalue weighted by Gasteiger charge is 2.48. The molecule has 0 aromatic heterocycles. The van der Waals surface area contributed by atoms with Crippen LogP contribution >= 0.6 is 0 Å². The number of ether oxygens (including phenoxy) is 1. The van der Waals surface area contributed by atoms with E-state index >= 15 is 0 Å². The van der Waals surface area contributed by atoms with Gasteiger partial charge in [0, 0.05) is 25.7 Å². The van der Waals surface area contributed by atoms with Crippen molar-refractivity contribution in [3.8, 4) is 0 Å². The molecule has 2 aliphatic rings. The Kier molecular flexibility index (Phi) is 5.41. The van der Waals surface area contributed by atoms with Crippen molar-refractivity contribution < 1.29 is 14.6 Å². The van der Waals surface area contributed by atoms with Crippen LogP contribution in [-0.2, 0) is 9.53 Å². The summed E-state index contributed by atoms with van der Waals surface area (Å²) in [7, 11) is 1.73. The lowest BCUT2D eigenvalue weighted by atomic mass is 9.97. The summed E-state index contributed by atoms with van der Waals surface area (Å²) >= 11 is 0. The van der Waals surface area contributed by atoms with E-state index in [9.17, 15) is 9.90 Å². The minimum absolute atomic E-state index is 0.387. The standard InChI is InChI=1S/C15H28N2O3/c1-3-8-16-15(14(18)19)7-6-13(11-15)17(9-10-20-2)12-4-5-12/h12-13,16H,3-11H2,1-2H3,(H,18,19). The summed E-state index contributed by atoms with van der Waals surface area (Å²) < 4.78 is 5.20. The topological polar surface area (TPSA) is 61.8 Å². The SMILES string of the molecule is CCCNC1(C(=O)O)CCC(N(CCOC)C2CC2)C1. The Labute approximate surface area is 121 Å². The molecule has 0 radical (unpaired) electrons. The van der Waals surface area contributed by atoms with Gasteiger partial charge in [-0.1, -0.05) is 6.92 Å². The largest absolute Gasteiger partial charge is 0.480 e. The zero-order valence-electron chi connectivity index (χ0n) is 12.7. The number of hydrogen-bond donors (Lipinski definition) is 2. The molecule has 0 spiro atoms. The number of hydrogen-bond acceptors (Lipinski definition) is 4. The van der Waals surface area contributed by atoms with Crippen LogP contribution in [0.25, 0.3) is 0 Å². The fourth-order valence-electron chi connectivity index (χ4n) is 3.36. The van der Waals surface area contributed by atoms with Gasteiger partial charge in [-0.25, -0.2) is 0 Å². The third-order valence-electron chi connectivity index (χ3n) is 4.65. The maximum atomic E-state index is 11.7. The Morgan fingerprint density at radius 3 is 2.70 bits per heavy atom. The second-order valence-corrected chi connectivity index (χ2v) is 6.17. The second kappa shape index (κ2) is 6.87. The minimum atomic E-state index is -0.707. The van der Waals surface area contributed by atoms with Crippen molar-refractivity contribution in [3.05, 3.63) is 0 Å². The summed E-state index contributed by atoms with van der Waals surface area (Å²) in [4.78, 5) is 14.2. The van der Waals surface area contributed by atoms with Crippen molar-refractivity contribution in [2.75, 3.05) is 26.8 Å². The lowest BCUT2D eigenvalue weighted by Gasteiger charge is -2.31. The Balaban J connectivity index is 1.98. The maximum absolute atomic E-state index is 11.7. The van der Waals surface area contributed by atoms with Gasteiger partial charge in [0.05, 0.1) is 6.61 Å². The Morgan fingerprint density at radius 1 is 1.40 bits per heavy atom. The number of nitrogens with one attached hydrogen (secondary N) is 1. The van der Waals surface area contributed by atoms with E-state index < -0.39 is 11.5 Å². The third-order valence-corrected chi connectivity index (χ3v) is 4.65. The van der Waals surface area contributed by atoms with Gasteiger partial charge in [-0.2, -0.15) is 0 Å². The molecular weight excluding hydrogens is 256 g/mol. The zero-order valence-corrected chi connectivity index (χ0v) is 12.7. The first-order chi connectivity index (χ1) is 9.63. The van der Waals surface area contributed by atoms with Crippen LogP contribution in [0.5, 0.6) is 0 Å². The van der Waals surface area contributed by atoms with Gasteiger partial charge in [-0.3, -0.25) is 9.69 Å². The lowest BCUT2D eigenvalue weighted by molar-refractivity contribution is -0.144. The maximum Gasteiger partial charge on any atom is 0.323 e. The first-order valence-corrected chi connectivity index (χ1v) is 7.86. The van der Waals surface area contributed by atoms with E-state index in [4.69, 9.17) is 4.74 Å². The van der Waals surface area contributed by atoms with E-state index in [0.29, 0.717) is 12.1 Å². The highest BCUT2D eigenvalue weighted by atomic mass is 16.5. The van der Waals surface area contributed by atoms with Gasteiger partial charge in [0.1, 0.15) is 5.54 Å². The van der Waals surface area contributed by atoms with E-state index in [2.05, 4.69) is 17.1 Å². The number of carbonyl (C=O) groups is 1. The van der Waals surface area contributed by atoms with Gasteiger partial charge in [-0.15, -0.1) is 0 Å². The molecule has 0 aromatic rings. The fraction of sp³-hybridized carbons (Fsp3) is 0.933. The van der Waals surface area contributed by atoms with E-state index in [1.807, 2.05) is 0 Å². The van der Waals surface area contributed by atoms with Crippen molar-refractivity contribution >= 4 is 5.97 Å². The molecule has 20 heavy (non-hydrogen) atoms. The first kappa shape index (κ1) is 15.7. The fourth-order valence-corrected chi connectivity index (χ4v) is 3.36. The summed E-state index contributed by atoms with van der Waals surface area (Å²) in [5.41, 5.74) is -0.707. The smallest absolute Gasteiger partial charge is 0.323 e. The Hall–Kier alpha value is -0.650. The van der Waals surface area contributed by atoms with Crippen molar-refractivity contribution in [2.45, 2.75) is 63.1 Å². The minimum Gasteiger partial charge on any atom is -0.480 e. The molecule has 0 aliphatic heterocycles. The van der Waals surface area contributed by atoms with Crippen LogP contribution in [0.4, 0.5) is 0 Å².